The third-order valence-electron chi connectivity index (χ3n) is 4.53. The molecular formula is C16H26N2O. The number of aromatic nitrogens is 1. The van der Waals surface area contributed by atoms with E-state index in [4.69, 9.17) is 4.74 Å². The van der Waals surface area contributed by atoms with Crippen LogP contribution in [0.15, 0.2) is 24.5 Å². The molecule has 1 atom stereocenters. The van der Waals surface area contributed by atoms with E-state index >= 15 is 0 Å². The van der Waals surface area contributed by atoms with Gasteiger partial charge in [-0.15, -0.1) is 0 Å². The largest absolute Gasteiger partial charge is 0.377 e. The molecule has 1 aromatic rings. The summed E-state index contributed by atoms with van der Waals surface area (Å²) in [5.41, 5.74) is 1.32. The minimum Gasteiger partial charge on any atom is -0.377 e. The van der Waals surface area contributed by atoms with Gasteiger partial charge in [0.1, 0.15) is 0 Å². The minimum absolute atomic E-state index is 0.00544. The minimum atomic E-state index is -0.00544. The fraction of sp³-hybridized carbons (Fsp3) is 0.688. The maximum atomic E-state index is 6.01. The van der Waals surface area contributed by atoms with Crippen LogP contribution in [0.25, 0.3) is 0 Å². The van der Waals surface area contributed by atoms with Gasteiger partial charge >= 0.3 is 0 Å². The zero-order valence-electron chi connectivity index (χ0n) is 12.2. The number of hydrogen-bond donors (Lipinski definition) is 1. The predicted octanol–water partition coefficient (Wildman–Crippen LogP) is 2.95. The third kappa shape index (κ3) is 3.54. The standard InChI is InChI=1S/C16H26N2O/c1-17-15(13-14-7-11-18-12-8-14)16(19-2)9-5-3-4-6-10-16/h7-8,11-12,15,17H,3-6,9-10,13H2,1-2H3. The molecule has 1 fully saturated rings. The topological polar surface area (TPSA) is 34.2 Å². The Bertz CT molecular complexity index is 358. The second-order valence-corrected chi connectivity index (χ2v) is 5.58. The van der Waals surface area contributed by atoms with Gasteiger partial charge < -0.3 is 10.1 Å². The average Bonchev–Trinajstić information content (AvgIpc) is 2.72. The summed E-state index contributed by atoms with van der Waals surface area (Å²) in [6.45, 7) is 0. The van der Waals surface area contributed by atoms with E-state index in [0.29, 0.717) is 6.04 Å². The van der Waals surface area contributed by atoms with Gasteiger partial charge in [-0.2, -0.15) is 0 Å². The molecule has 1 saturated carbocycles. The van der Waals surface area contributed by atoms with E-state index in [1.54, 1.807) is 0 Å². The molecule has 0 saturated heterocycles. The lowest BCUT2D eigenvalue weighted by molar-refractivity contribution is -0.0509. The van der Waals surface area contributed by atoms with Crippen LogP contribution in [0.1, 0.15) is 44.1 Å². The molecule has 0 aromatic carbocycles. The van der Waals surface area contributed by atoms with E-state index in [1.165, 1.54) is 44.1 Å². The summed E-state index contributed by atoms with van der Waals surface area (Å²) < 4.78 is 6.01. The zero-order valence-corrected chi connectivity index (χ0v) is 12.2. The highest BCUT2D eigenvalue weighted by atomic mass is 16.5. The summed E-state index contributed by atoms with van der Waals surface area (Å²) in [6, 6.07) is 4.58. The molecule has 0 aliphatic heterocycles. The molecule has 1 heterocycles. The van der Waals surface area contributed by atoms with Crippen molar-refractivity contribution in [2.24, 2.45) is 0 Å². The van der Waals surface area contributed by atoms with Crippen LogP contribution in [0.4, 0.5) is 0 Å². The Kier molecular flexibility index (Phi) is 5.34. The van der Waals surface area contributed by atoms with Gasteiger partial charge in [0.15, 0.2) is 0 Å². The number of nitrogens with one attached hydrogen (secondary N) is 1. The van der Waals surface area contributed by atoms with Crippen molar-refractivity contribution in [3.63, 3.8) is 0 Å². The molecular weight excluding hydrogens is 236 g/mol. The van der Waals surface area contributed by atoms with E-state index < -0.39 is 0 Å². The van der Waals surface area contributed by atoms with Crippen LogP contribution < -0.4 is 5.32 Å². The lowest BCUT2D eigenvalue weighted by Gasteiger charge is -2.39. The zero-order chi connectivity index (χ0) is 13.6. The van der Waals surface area contributed by atoms with Crippen LogP contribution in [0.2, 0.25) is 0 Å². The van der Waals surface area contributed by atoms with Crippen LogP contribution in [0.3, 0.4) is 0 Å². The predicted molar refractivity (Wildman–Crippen MR) is 78.2 cm³/mol. The van der Waals surface area contributed by atoms with Crippen molar-refractivity contribution in [3.05, 3.63) is 30.1 Å². The van der Waals surface area contributed by atoms with Gasteiger partial charge in [0.25, 0.3) is 0 Å². The molecule has 3 heteroatoms. The Morgan fingerprint density at radius 1 is 1.21 bits per heavy atom. The smallest absolute Gasteiger partial charge is 0.0834 e. The number of pyridine rings is 1. The number of methoxy groups -OCH3 is 1. The van der Waals surface area contributed by atoms with Crippen molar-refractivity contribution in [2.45, 2.75) is 56.6 Å². The molecule has 0 spiro atoms. The summed E-state index contributed by atoms with van der Waals surface area (Å²) in [7, 11) is 3.93. The van der Waals surface area contributed by atoms with E-state index in [-0.39, 0.29) is 5.60 Å². The Hall–Kier alpha value is -0.930. The van der Waals surface area contributed by atoms with Crippen LogP contribution in [0, 0.1) is 0 Å². The Morgan fingerprint density at radius 3 is 2.37 bits per heavy atom. The van der Waals surface area contributed by atoms with Crippen molar-refractivity contribution in [1.29, 1.82) is 0 Å². The van der Waals surface area contributed by atoms with E-state index in [0.717, 1.165) is 6.42 Å². The summed E-state index contributed by atoms with van der Waals surface area (Å²) in [4.78, 5) is 4.09. The van der Waals surface area contributed by atoms with E-state index in [1.807, 2.05) is 19.5 Å². The first-order valence-corrected chi connectivity index (χ1v) is 7.42. The van der Waals surface area contributed by atoms with Crippen LogP contribution in [-0.2, 0) is 11.2 Å². The SMILES string of the molecule is CNC(Cc1ccncc1)C1(OC)CCCCCC1. The van der Waals surface area contributed by atoms with Crippen LogP contribution in [0.5, 0.6) is 0 Å². The fourth-order valence-electron chi connectivity index (χ4n) is 3.33. The maximum Gasteiger partial charge on any atom is 0.0834 e. The monoisotopic (exact) mass is 262 g/mol. The number of ether oxygens (including phenoxy) is 1. The second-order valence-electron chi connectivity index (χ2n) is 5.58. The quantitative estimate of drug-likeness (QED) is 0.828. The summed E-state index contributed by atoms with van der Waals surface area (Å²) in [5, 5.41) is 3.49. The van der Waals surface area contributed by atoms with Gasteiger partial charge in [0, 0.05) is 25.5 Å². The van der Waals surface area contributed by atoms with Crippen molar-refractivity contribution >= 4 is 0 Å². The first-order chi connectivity index (χ1) is 9.30. The van der Waals surface area contributed by atoms with Gasteiger partial charge in [-0.3, -0.25) is 4.98 Å². The lowest BCUT2D eigenvalue weighted by atomic mass is 9.83. The average molecular weight is 262 g/mol. The molecule has 0 bridgehead atoms. The van der Waals surface area contributed by atoms with Gasteiger partial charge in [0.05, 0.1) is 5.60 Å². The maximum absolute atomic E-state index is 6.01. The Labute approximate surface area is 116 Å². The van der Waals surface area contributed by atoms with Crippen molar-refractivity contribution in [1.82, 2.24) is 10.3 Å². The number of nitrogens with zero attached hydrogens (tertiary/aromatic N) is 1. The fourth-order valence-corrected chi connectivity index (χ4v) is 3.33. The molecule has 0 amide bonds. The molecule has 1 aromatic heterocycles. The number of likely N-dealkylation sites (N-methyl/N-ethyl adjacent to an activating group) is 1. The highest BCUT2D eigenvalue weighted by Crippen LogP contribution is 2.34. The highest BCUT2D eigenvalue weighted by molar-refractivity contribution is 5.13. The molecule has 1 aliphatic carbocycles. The van der Waals surface area contributed by atoms with Crippen molar-refractivity contribution in [2.75, 3.05) is 14.2 Å². The summed E-state index contributed by atoms with van der Waals surface area (Å²) in [6.07, 6.45) is 12.3. The van der Waals surface area contributed by atoms with Gasteiger partial charge in [-0.05, 0) is 44.0 Å². The third-order valence-corrected chi connectivity index (χ3v) is 4.53. The van der Waals surface area contributed by atoms with Gasteiger partial charge in [-0.25, -0.2) is 0 Å². The normalized spacial score (nSPS) is 20.7. The molecule has 19 heavy (non-hydrogen) atoms. The highest BCUT2D eigenvalue weighted by Gasteiger charge is 2.38. The van der Waals surface area contributed by atoms with E-state index in [2.05, 4.69) is 29.5 Å². The van der Waals surface area contributed by atoms with Crippen molar-refractivity contribution in [3.8, 4) is 0 Å². The summed E-state index contributed by atoms with van der Waals surface area (Å²) >= 11 is 0. The number of hydrogen-bond acceptors (Lipinski definition) is 3. The van der Waals surface area contributed by atoms with E-state index in [9.17, 15) is 0 Å². The molecule has 0 radical (unpaired) electrons. The first kappa shape index (κ1) is 14.5. The lowest BCUT2D eigenvalue weighted by Crippen LogP contribution is -2.52. The van der Waals surface area contributed by atoms with Crippen LogP contribution in [-0.4, -0.2) is 30.8 Å². The van der Waals surface area contributed by atoms with Crippen LogP contribution >= 0.6 is 0 Å². The summed E-state index contributed by atoms with van der Waals surface area (Å²) in [5.74, 6) is 0. The first-order valence-electron chi connectivity index (χ1n) is 7.42. The van der Waals surface area contributed by atoms with Gasteiger partial charge in [0.2, 0.25) is 0 Å². The molecule has 2 rings (SSSR count). The molecule has 1 unspecified atom stereocenters. The molecule has 1 aliphatic rings. The Morgan fingerprint density at radius 2 is 1.84 bits per heavy atom. The molecule has 106 valence electrons. The number of rotatable bonds is 5. The second kappa shape index (κ2) is 7.01. The van der Waals surface area contributed by atoms with Crippen molar-refractivity contribution < 1.29 is 4.74 Å². The Balaban J connectivity index is 2.13. The molecule has 3 nitrogen and oxygen atoms in total. The van der Waals surface area contributed by atoms with Gasteiger partial charge in [-0.1, -0.05) is 25.7 Å². The molecule has 1 N–H and O–H groups in total.